The Kier molecular flexibility index (Phi) is 10.6. The molecule has 0 aromatic rings. The fourth-order valence-electron chi connectivity index (χ4n) is 6.31. The third-order valence-corrected chi connectivity index (χ3v) is 8.57. The van der Waals surface area contributed by atoms with Crippen molar-refractivity contribution < 1.29 is 39.7 Å². The highest BCUT2D eigenvalue weighted by Gasteiger charge is 2.53. The molecule has 1 saturated carbocycles. The largest absolute Gasteiger partial charge is 0.492 e. The molecule has 0 aromatic carbocycles. The number of hydrogen-bond donors (Lipinski definition) is 11. The van der Waals surface area contributed by atoms with Gasteiger partial charge in [0.2, 0.25) is 0 Å². The van der Waals surface area contributed by atoms with Crippen LogP contribution in [-0.2, 0) is 14.2 Å². The molecule has 14 nitrogen and oxygen atoms in total. The molecular formula is C25H48N6O8. The van der Waals surface area contributed by atoms with Gasteiger partial charge in [-0.25, -0.2) is 0 Å². The minimum absolute atomic E-state index is 0.0994. The minimum atomic E-state index is -1.34. The Morgan fingerprint density at radius 1 is 1.21 bits per heavy atom. The second-order valence-electron chi connectivity index (χ2n) is 11.5. The van der Waals surface area contributed by atoms with Gasteiger partial charge < -0.3 is 72.5 Å². The summed E-state index contributed by atoms with van der Waals surface area (Å²) >= 11 is 0. The first-order valence-electron chi connectivity index (χ1n) is 13.9. The van der Waals surface area contributed by atoms with Crippen LogP contribution in [-0.4, -0.2) is 145 Å². The third kappa shape index (κ3) is 6.75. The highest BCUT2D eigenvalue weighted by molar-refractivity contribution is 5.12. The lowest BCUT2D eigenvalue weighted by Gasteiger charge is -2.51. The summed E-state index contributed by atoms with van der Waals surface area (Å²) in [4.78, 5) is 0. The van der Waals surface area contributed by atoms with E-state index in [1.807, 2.05) is 6.08 Å². The molecule has 4 rings (SSSR count). The normalized spacial score (nSPS) is 43.6. The van der Waals surface area contributed by atoms with Crippen LogP contribution in [0.4, 0.5) is 0 Å². The maximum Gasteiger partial charge on any atom is 0.185 e. The summed E-state index contributed by atoms with van der Waals surface area (Å²) in [6, 6.07) is -2.36. The van der Waals surface area contributed by atoms with Crippen LogP contribution in [0, 0.1) is 5.92 Å². The number of rotatable bonds is 11. The monoisotopic (exact) mass is 560 g/mol. The number of likely N-dealkylation sites (N-methyl/N-ethyl adjacent to an activating group) is 1. The molecule has 2 saturated heterocycles. The van der Waals surface area contributed by atoms with E-state index in [4.69, 9.17) is 25.7 Å². The molecular weight excluding hydrogens is 512 g/mol. The van der Waals surface area contributed by atoms with Crippen LogP contribution in [0.15, 0.2) is 11.8 Å². The molecule has 13 N–H and O–H groups in total. The predicted molar refractivity (Wildman–Crippen MR) is 141 cm³/mol. The second kappa shape index (κ2) is 13.3. The van der Waals surface area contributed by atoms with Crippen LogP contribution in [0.5, 0.6) is 0 Å². The van der Waals surface area contributed by atoms with Crippen molar-refractivity contribution in [2.75, 3.05) is 46.5 Å². The molecule has 3 fully saturated rings. The zero-order valence-electron chi connectivity index (χ0n) is 22.8. The van der Waals surface area contributed by atoms with Gasteiger partial charge in [0, 0.05) is 43.2 Å². The number of ether oxygens (including phenoxy) is 3. The average molecular weight is 561 g/mol. The van der Waals surface area contributed by atoms with Crippen molar-refractivity contribution in [2.45, 2.75) is 92.3 Å². The molecule has 1 unspecified atom stereocenters. The molecule has 11 atom stereocenters. The summed E-state index contributed by atoms with van der Waals surface area (Å²) < 4.78 is 18.3. The molecule has 3 aliphatic heterocycles. The van der Waals surface area contributed by atoms with Crippen molar-refractivity contribution in [2.24, 2.45) is 17.4 Å². The first kappa shape index (κ1) is 31.0. The summed E-state index contributed by atoms with van der Waals surface area (Å²) in [5.74, 6) is 0.0622. The van der Waals surface area contributed by atoms with E-state index in [1.54, 1.807) is 14.0 Å². The number of aliphatic hydroxyl groups is 5. The summed E-state index contributed by atoms with van der Waals surface area (Å²) in [5.41, 5.74) is 11.3. The van der Waals surface area contributed by atoms with Gasteiger partial charge in [-0.3, -0.25) is 0 Å². The number of aliphatic hydroxyl groups excluding tert-OH is 4. The quantitative estimate of drug-likeness (QED) is 0.114. The zero-order chi connectivity index (χ0) is 28.3. The molecule has 39 heavy (non-hydrogen) atoms. The van der Waals surface area contributed by atoms with Gasteiger partial charge in [-0.1, -0.05) is 0 Å². The van der Waals surface area contributed by atoms with Crippen LogP contribution >= 0.6 is 0 Å². The number of nitrogens with two attached hydrogens (primary N) is 2. The number of nitrogens with one attached hydrogen (secondary N) is 4. The number of hydrogen-bond acceptors (Lipinski definition) is 14. The van der Waals surface area contributed by atoms with E-state index in [2.05, 4.69) is 21.3 Å². The molecule has 226 valence electrons. The summed E-state index contributed by atoms with van der Waals surface area (Å²) in [5, 5.41) is 65.9. The maximum atomic E-state index is 11.9. The molecule has 0 aromatic heterocycles. The Bertz CT molecular complexity index is 815. The Morgan fingerprint density at radius 2 is 1.92 bits per heavy atom. The first-order valence-corrected chi connectivity index (χ1v) is 13.9. The maximum absolute atomic E-state index is 11.9. The van der Waals surface area contributed by atoms with Gasteiger partial charge in [0.25, 0.3) is 0 Å². The predicted octanol–water partition coefficient (Wildman–Crippen LogP) is -4.99. The van der Waals surface area contributed by atoms with Crippen LogP contribution in [0.25, 0.3) is 0 Å². The van der Waals surface area contributed by atoms with Gasteiger partial charge in [-0.05, 0) is 32.9 Å². The van der Waals surface area contributed by atoms with Gasteiger partial charge in [0.1, 0.15) is 29.7 Å². The van der Waals surface area contributed by atoms with Gasteiger partial charge in [-0.2, -0.15) is 0 Å². The topological polar surface area (TPSA) is 229 Å². The summed E-state index contributed by atoms with van der Waals surface area (Å²) in [7, 11) is 1.63. The third-order valence-electron chi connectivity index (χ3n) is 8.57. The van der Waals surface area contributed by atoms with Crippen molar-refractivity contribution >= 4 is 0 Å². The van der Waals surface area contributed by atoms with Crippen molar-refractivity contribution in [3.05, 3.63) is 11.8 Å². The van der Waals surface area contributed by atoms with Gasteiger partial charge in [0.15, 0.2) is 6.29 Å². The molecule has 0 spiro atoms. The van der Waals surface area contributed by atoms with E-state index in [9.17, 15) is 25.5 Å². The molecule has 14 heteroatoms. The standard InChI is InChI=1S/C25H48N6O8/c1-25(36)11-37-24(20(35)23(25)28-2)39-22-17(31-13(9-32)10-33)5-15(27)18(19(22)34)21-16(30-12-7-29-8-12)4-3-14(6-26)38-21/h3,12-13,15-24,28-36H,4-11,26-27H2,1-2H3/t15-,16+,17+,18?,19-,20+,21-,22-,23+,24+,25-/m0/s1. The second-order valence-corrected chi connectivity index (χ2v) is 11.5. The van der Waals surface area contributed by atoms with Crippen LogP contribution in [0.2, 0.25) is 0 Å². The van der Waals surface area contributed by atoms with Crippen molar-refractivity contribution in [3.8, 4) is 0 Å². The molecule has 0 amide bonds. The van der Waals surface area contributed by atoms with Crippen molar-refractivity contribution in [1.29, 1.82) is 0 Å². The fraction of sp³-hybridized carbons (Fsp3) is 0.920. The lowest BCUT2D eigenvalue weighted by Crippen LogP contribution is -2.70. The van der Waals surface area contributed by atoms with E-state index in [0.717, 1.165) is 13.1 Å². The molecule has 0 radical (unpaired) electrons. The van der Waals surface area contributed by atoms with Gasteiger partial charge in [-0.15, -0.1) is 0 Å². The summed E-state index contributed by atoms with van der Waals surface area (Å²) in [6.45, 7) is 2.69. The lowest BCUT2D eigenvalue weighted by atomic mass is 9.72. The van der Waals surface area contributed by atoms with E-state index >= 15 is 0 Å². The van der Waals surface area contributed by atoms with Crippen LogP contribution < -0.4 is 32.7 Å². The Balaban J connectivity index is 1.59. The van der Waals surface area contributed by atoms with Crippen molar-refractivity contribution in [3.63, 3.8) is 0 Å². The van der Waals surface area contributed by atoms with E-state index in [0.29, 0.717) is 18.6 Å². The van der Waals surface area contributed by atoms with Gasteiger partial charge in [0.05, 0.1) is 44.6 Å². The zero-order valence-corrected chi connectivity index (χ0v) is 22.8. The summed E-state index contributed by atoms with van der Waals surface area (Å²) in [6.07, 6.45) is -2.06. The van der Waals surface area contributed by atoms with Crippen LogP contribution in [0.1, 0.15) is 19.8 Å². The van der Waals surface area contributed by atoms with E-state index in [1.165, 1.54) is 0 Å². The Hall–Kier alpha value is -0.980. The van der Waals surface area contributed by atoms with E-state index in [-0.39, 0.29) is 38.4 Å². The highest BCUT2D eigenvalue weighted by Crippen LogP contribution is 2.37. The fourth-order valence-corrected chi connectivity index (χ4v) is 6.31. The molecule has 0 bridgehead atoms. The molecule has 1 aliphatic carbocycles. The van der Waals surface area contributed by atoms with Gasteiger partial charge >= 0.3 is 0 Å². The Labute approximate surface area is 229 Å². The molecule has 4 aliphatic rings. The van der Waals surface area contributed by atoms with Crippen LogP contribution in [0.3, 0.4) is 0 Å². The Morgan fingerprint density at radius 3 is 2.51 bits per heavy atom. The highest BCUT2D eigenvalue weighted by atomic mass is 16.7. The van der Waals surface area contributed by atoms with Crippen molar-refractivity contribution in [1.82, 2.24) is 21.3 Å². The minimum Gasteiger partial charge on any atom is -0.492 e. The first-order chi connectivity index (χ1) is 18.6. The molecule has 3 heterocycles. The lowest BCUT2D eigenvalue weighted by molar-refractivity contribution is -0.298. The van der Waals surface area contributed by atoms with E-state index < -0.39 is 66.4 Å². The average Bonchev–Trinajstić information content (AvgIpc) is 2.88. The SMILES string of the molecule is CN[C@@H]1[C@@H](O)[C@@H](O[C@H]2[C@H](NC(CO)CO)C[C@H](N)C([C@H]3OC(CN)=CC[C@H]3NC3CNC3)[C@@H]2O)OC[C@]1(C)O. The smallest absolute Gasteiger partial charge is 0.185 e.